The summed E-state index contributed by atoms with van der Waals surface area (Å²) >= 11 is 3.32. The van der Waals surface area contributed by atoms with Crippen molar-refractivity contribution in [3.8, 4) is 11.5 Å². The van der Waals surface area contributed by atoms with E-state index in [-0.39, 0.29) is 24.8 Å². The molecular formula is C19H20BrN3O4. The Morgan fingerprint density at radius 2 is 1.85 bits per heavy atom. The number of carbonyl (C=O) groups is 2. The van der Waals surface area contributed by atoms with Crippen molar-refractivity contribution in [1.82, 2.24) is 10.7 Å². The molecule has 0 fully saturated rings. The molecule has 0 bridgehead atoms. The standard InChI is InChI=1S/C19H20BrN3O4/c1-26-16-8-7-13(11-17(16)27-2)12-22-23-18(24)9-10-21-19(25)14-5-3-4-6-15(14)20/h3-8,11-12H,9-10H2,1-2H3,(H,21,25)(H,23,24). The first-order valence-electron chi connectivity index (χ1n) is 8.11. The lowest BCUT2D eigenvalue weighted by Gasteiger charge is -2.07. The maximum atomic E-state index is 12.0. The first kappa shape index (κ1) is 20.4. The summed E-state index contributed by atoms with van der Waals surface area (Å²) in [5.74, 6) is 0.630. The highest BCUT2D eigenvalue weighted by atomic mass is 79.9. The predicted molar refractivity (Wildman–Crippen MR) is 106 cm³/mol. The van der Waals surface area contributed by atoms with Crippen LogP contribution in [0, 0.1) is 0 Å². The van der Waals surface area contributed by atoms with E-state index in [1.807, 2.05) is 6.07 Å². The van der Waals surface area contributed by atoms with Crippen molar-refractivity contribution in [2.75, 3.05) is 20.8 Å². The van der Waals surface area contributed by atoms with Crippen molar-refractivity contribution in [2.24, 2.45) is 5.10 Å². The van der Waals surface area contributed by atoms with Gasteiger partial charge < -0.3 is 14.8 Å². The van der Waals surface area contributed by atoms with Crippen LogP contribution in [0.2, 0.25) is 0 Å². The minimum Gasteiger partial charge on any atom is -0.493 e. The molecule has 0 heterocycles. The molecule has 2 rings (SSSR count). The van der Waals surface area contributed by atoms with Crippen LogP contribution in [0.15, 0.2) is 52.0 Å². The average Bonchev–Trinajstić information content (AvgIpc) is 2.68. The zero-order valence-corrected chi connectivity index (χ0v) is 16.6. The van der Waals surface area contributed by atoms with Gasteiger partial charge in [0.05, 0.1) is 26.0 Å². The third-order valence-electron chi connectivity index (χ3n) is 3.57. The molecule has 0 aliphatic carbocycles. The molecule has 0 saturated carbocycles. The van der Waals surface area contributed by atoms with E-state index in [0.29, 0.717) is 21.5 Å². The quantitative estimate of drug-likeness (QED) is 0.494. The van der Waals surface area contributed by atoms with Crippen LogP contribution < -0.4 is 20.2 Å². The van der Waals surface area contributed by atoms with Gasteiger partial charge in [0.1, 0.15) is 0 Å². The van der Waals surface area contributed by atoms with Gasteiger partial charge in [-0.1, -0.05) is 12.1 Å². The highest BCUT2D eigenvalue weighted by molar-refractivity contribution is 9.10. The first-order valence-corrected chi connectivity index (χ1v) is 8.91. The SMILES string of the molecule is COc1ccc(C=NNC(=O)CCNC(=O)c2ccccc2Br)cc1OC. The summed E-state index contributed by atoms with van der Waals surface area (Å²) in [5.41, 5.74) is 3.68. The first-order chi connectivity index (χ1) is 13.0. The molecule has 0 saturated heterocycles. The van der Waals surface area contributed by atoms with E-state index in [0.717, 1.165) is 5.56 Å². The van der Waals surface area contributed by atoms with E-state index < -0.39 is 0 Å². The van der Waals surface area contributed by atoms with E-state index in [9.17, 15) is 9.59 Å². The number of nitrogens with zero attached hydrogens (tertiary/aromatic N) is 1. The maximum Gasteiger partial charge on any atom is 0.252 e. The van der Waals surface area contributed by atoms with Gasteiger partial charge in [-0.2, -0.15) is 5.10 Å². The molecule has 142 valence electrons. The number of benzene rings is 2. The fourth-order valence-electron chi connectivity index (χ4n) is 2.20. The minimum absolute atomic E-state index is 0.111. The molecule has 7 nitrogen and oxygen atoms in total. The van der Waals surface area contributed by atoms with Gasteiger partial charge in [-0.05, 0) is 51.8 Å². The van der Waals surface area contributed by atoms with Gasteiger partial charge in [-0.15, -0.1) is 0 Å². The second kappa shape index (κ2) is 10.3. The molecule has 0 aromatic heterocycles. The molecule has 0 unspecified atom stereocenters. The summed E-state index contributed by atoms with van der Waals surface area (Å²) < 4.78 is 11.1. The number of ether oxygens (including phenoxy) is 2. The van der Waals surface area contributed by atoms with Crippen LogP contribution in [0.25, 0.3) is 0 Å². The lowest BCUT2D eigenvalue weighted by Crippen LogP contribution is -2.29. The molecule has 8 heteroatoms. The fourth-order valence-corrected chi connectivity index (χ4v) is 2.66. The molecule has 2 N–H and O–H groups in total. The van der Waals surface area contributed by atoms with Gasteiger partial charge in [-0.3, -0.25) is 9.59 Å². The van der Waals surface area contributed by atoms with Crippen molar-refractivity contribution in [3.05, 3.63) is 58.1 Å². The number of hydrazone groups is 1. The topological polar surface area (TPSA) is 89.0 Å². The van der Waals surface area contributed by atoms with Crippen LogP contribution in [0.3, 0.4) is 0 Å². The van der Waals surface area contributed by atoms with E-state index in [2.05, 4.69) is 31.8 Å². The fraction of sp³-hybridized carbons (Fsp3) is 0.211. The Kier molecular flexibility index (Phi) is 7.81. The molecule has 27 heavy (non-hydrogen) atoms. The number of hydrogen-bond acceptors (Lipinski definition) is 5. The number of amides is 2. The maximum absolute atomic E-state index is 12.0. The van der Waals surface area contributed by atoms with Crippen LogP contribution in [0.1, 0.15) is 22.3 Å². The molecule has 0 atom stereocenters. The Bertz CT molecular complexity index is 839. The van der Waals surface area contributed by atoms with Gasteiger partial charge in [0.25, 0.3) is 5.91 Å². The van der Waals surface area contributed by atoms with E-state index in [4.69, 9.17) is 9.47 Å². The Balaban J connectivity index is 1.78. The summed E-state index contributed by atoms with van der Waals surface area (Å²) in [6.07, 6.45) is 1.61. The number of methoxy groups -OCH3 is 2. The van der Waals surface area contributed by atoms with Crippen LogP contribution in [0.5, 0.6) is 11.5 Å². The van der Waals surface area contributed by atoms with Gasteiger partial charge in [0.15, 0.2) is 11.5 Å². The zero-order valence-electron chi connectivity index (χ0n) is 15.0. The van der Waals surface area contributed by atoms with Crippen molar-refractivity contribution < 1.29 is 19.1 Å². The van der Waals surface area contributed by atoms with E-state index in [1.54, 1.807) is 50.6 Å². The lowest BCUT2D eigenvalue weighted by atomic mass is 10.2. The average molecular weight is 434 g/mol. The smallest absolute Gasteiger partial charge is 0.252 e. The van der Waals surface area contributed by atoms with Crippen LogP contribution >= 0.6 is 15.9 Å². The minimum atomic E-state index is -0.306. The van der Waals surface area contributed by atoms with Crippen LogP contribution in [-0.2, 0) is 4.79 Å². The monoisotopic (exact) mass is 433 g/mol. The highest BCUT2D eigenvalue weighted by Gasteiger charge is 2.09. The Morgan fingerprint density at radius 1 is 1.11 bits per heavy atom. The summed E-state index contributed by atoms with van der Waals surface area (Å²) in [5, 5.41) is 6.60. The molecule has 2 aromatic carbocycles. The number of nitrogens with one attached hydrogen (secondary N) is 2. The van der Waals surface area contributed by atoms with Crippen molar-refractivity contribution in [1.29, 1.82) is 0 Å². The third-order valence-corrected chi connectivity index (χ3v) is 4.26. The Morgan fingerprint density at radius 3 is 2.56 bits per heavy atom. The van der Waals surface area contributed by atoms with Gasteiger partial charge in [0, 0.05) is 17.4 Å². The predicted octanol–water partition coefficient (Wildman–Crippen LogP) is 2.74. The van der Waals surface area contributed by atoms with Gasteiger partial charge in [-0.25, -0.2) is 5.43 Å². The number of carbonyl (C=O) groups excluding carboxylic acids is 2. The highest BCUT2D eigenvalue weighted by Crippen LogP contribution is 2.26. The molecule has 0 aliphatic heterocycles. The van der Waals surface area contributed by atoms with Crippen LogP contribution in [0.4, 0.5) is 0 Å². The zero-order chi connectivity index (χ0) is 19.6. The Hall–Kier alpha value is -2.87. The number of rotatable bonds is 8. The van der Waals surface area contributed by atoms with Crippen molar-refractivity contribution in [2.45, 2.75) is 6.42 Å². The molecule has 0 spiro atoms. The third kappa shape index (κ3) is 6.10. The summed E-state index contributed by atoms with van der Waals surface area (Å²) in [6.45, 7) is 0.206. The van der Waals surface area contributed by atoms with E-state index in [1.165, 1.54) is 6.21 Å². The summed E-state index contributed by atoms with van der Waals surface area (Å²) in [7, 11) is 3.10. The van der Waals surface area contributed by atoms with E-state index >= 15 is 0 Å². The van der Waals surface area contributed by atoms with Gasteiger partial charge in [0.2, 0.25) is 5.91 Å². The molecule has 2 aromatic rings. The molecule has 0 radical (unpaired) electrons. The lowest BCUT2D eigenvalue weighted by molar-refractivity contribution is -0.120. The van der Waals surface area contributed by atoms with Crippen molar-refractivity contribution in [3.63, 3.8) is 0 Å². The normalized spacial score (nSPS) is 10.5. The largest absolute Gasteiger partial charge is 0.493 e. The van der Waals surface area contributed by atoms with Crippen LogP contribution in [-0.4, -0.2) is 38.8 Å². The Labute approximate surface area is 165 Å². The second-order valence-corrected chi connectivity index (χ2v) is 6.25. The molecule has 0 aliphatic rings. The summed E-state index contributed by atoms with van der Waals surface area (Å²) in [6, 6.07) is 12.4. The molecular weight excluding hydrogens is 414 g/mol. The van der Waals surface area contributed by atoms with Gasteiger partial charge >= 0.3 is 0 Å². The van der Waals surface area contributed by atoms with Crippen molar-refractivity contribution >= 4 is 34.0 Å². The molecule has 2 amide bonds. The number of hydrogen-bond donors (Lipinski definition) is 2. The second-order valence-electron chi connectivity index (χ2n) is 5.39. The number of halogens is 1. The summed E-state index contributed by atoms with van der Waals surface area (Å²) in [4.78, 5) is 23.8.